The summed E-state index contributed by atoms with van der Waals surface area (Å²) in [6.07, 6.45) is 4.66. The van der Waals surface area contributed by atoms with Gasteiger partial charge in [-0.2, -0.15) is 0 Å². The van der Waals surface area contributed by atoms with E-state index in [4.69, 9.17) is 5.41 Å². The van der Waals surface area contributed by atoms with Gasteiger partial charge in [0.2, 0.25) is 0 Å². The number of hydrogen-bond acceptors (Lipinski definition) is 3. The van der Waals surface area contributed by atoms with Crippen LogP contribution in [0.4, 0.5) is 0 Å². The molecule has 2 aliphatic rings. The Kier molecular flexibility index (Phi) is 2.96. The molecular formula is C17H20N4O. The Labute approximate surface area is 129 Å². The van der Waals surface area contributed by atoms with Crippen molar-refractivity contribution < 1.29 is 5.11 Å². The maximum Gasteiger partial charge on any atom is 0.145 e. The maximum atomic E-state index is 10.4. The smallest absolute Gasteiger partial charge is 0.145 e. The lowest BCUT2D eigenvalue weighted by Gasteiger charge is -2.25. The molecule has 0 spiro atoms. The number of rotatable bonds is 2. The van der Waals surface area contributed by atoms with Crippen LogP contribution in [0.25, 0.3) is 16.6 Å². The van der Waals surface area contributed by atoms with Crippen LogP contribution < -0.4 is 0 Å². The molecule has 0 amide bonds. The Hall–Kier alpha value is -2.30. The Morgan fingerprint density at radius 3 is 2.86 bits per heavy atom. The first kappa shape index (κ1) is 13.4. The van der Waals surface area contributed by atoms with E-state index in [1.165, 1.54) is 12.8 Å². The van der Waals surface area contributed by atoms with E-state index in [1.807, 2.05) is 30.0 Å². The number of nitrogens with one attached hydrogen (secondary N) is 2. The third kappa shape index (κ3) is 2.00. The largest absolute Gasteiger partial charge is 0.510 e. The molecule has 2 aromatic rings. The van der Waals surface area contributed by atoms with E-state index in [-0.39, 0.29) is 5.76 Å². The van der Waals surface area contributed by atoms with Crippen LogP contribution in [0.2, 0.25) is 0 Å². The number of benzene rings is 1. The fourth-order valence-electron chi connectivity index (χ4n) is 3.62. The molecule has 0 unspecified atom stereocenters. The second-order valence-corrected chi connectivity index (χ2v) is 6.34. The summed E-state index contributed by atoms with van der Waals surface area (Å²) in [7, 11) is 0. The fourth-order valence-corrected chi connectivity index (χ4v) is 3.62. The van der Waals surface area contributed by atoms with E-state index in [9.17, 15) is 5.11 Å². The summed E-state index contributed by atoms with van der Waals surface area (Å²) in [5, 5.41) is 18.8. The van der Waals surface area contributed by atoms with Gasteiger partial charge in [-0.3, -0.25) is 5.41 Å². The van der Waals surface area contributed by atoms with Gasteiger partial charge in [0.25, 0.3) is 0 Å². The molecule has 0 radical (unpaired) electrons. The Morgan fingerprint density at radius 1 is 1.32 bits per heavy atom. The quantitative estimate of drug-likeness (QED) is 0.795. The zero-order chi connectivity index (χ0) is 15.3. The Balaban J connectivity index is 1.70. The number of nitrogens with zero attached hydrogens (tertiary/aromatic N) is 2. The molecule has 1 aromatic carbocycles. The first-order chi connectivity index (χ1) is 10.6. The van der Waals surface area contributed by atoms with Crippen molar-refractivity contribution >= 4 is 22.4 Å². The molecule has 0 saturated heterocycles. The fraction of sp³-hybridized carbons (Fsp3) is 0.412. The summed E-state index contributed by atoms with van der Waals surface area (Å²) in [5.74, 6) is 1.26. The average molecular weight is 296 g/mol. The van der Waals surface area contributed by atoms with Crippen molar-refractivity contribution in [3.8, 4) is 0 Å². The number of imidazole rings is 1. The molecule has 5 nitrogen and oxygen atoms in total. The monoisotopic (exact) mass is 296 g/mol. The number of fused-ring (bicyclic) bond motifs is 1. The number of aliphatic hydroxyl groups is 1. The predicted octanol–water partition coefficient (Wildman–Crippen LogP) is 3.38. The third-order valence-electron chi connectivity index (χ3n) is 4.77. The van der Waals surface area contributed by atoms with Crippen molar-refractivity contribution in [2.45, 2.75) is 38.6 Å². The molecule has 3 N–H and O–H groups in total. The highest BCUT2D eigenvalue weighted by Crippen LogP contribution is 2.33. The van der Waals surface area contributed by atoms with Gasteiger partial charge < -0.3 is 15.0 Å². The van der Waals surface area contributed by atoms with Gasteiger partial charge in [-0.15, -0.1) is 0 Å². The van der Waals surface area contributed by atoms with Crippen molar-refractivity contribution in [1.29, 1.82) is 5.41 Å². The minimum atomic E-state index is 0.257. The van der Waals surface area contributed by atoms with Crippen LogP contribution in [0.5, 0.6) is 0 Å². The van der Waals surface area contributed by atoms with Crippen LogP contribution in [0.15, 0.2) is 24.0 Å². The normalized spacial score (nSPS) is 19.9. The summed E-state index contributed by atoms with van der Waals surface area (Å²) < 4.78 is 0. The SMILES string of the molecule is Cc1ccc2nc(C3=C(O)CN(C4CCCC4)C3=N)[nH]c2c1. The molecule has 114 valence electrons. The van der Waals surface area contributed by atoms with Crippen molar-refractivity contribution in [2.75, 3.05) is 6.54 Å². The lowest BCUT2D eigenvalue weighted by molar-refractivity contribution is 0.296. The number of H-pyrrole nitrogens is 1. The van der Waals surface area contributed by atoms with Crippen LogP contribution in [0.1, 0.15) is 37.1 Å². The van der Waals surface area contributed by atoms with Crippen molar-refractivity contribution in [3.05, 3.63) is 35.3 Å². The van der Waals surface area contributed by atoms with Crippen molar-refractivity contribution in [1.82, 2.24) is 14.9 Å². The van der Waals surface area contributed by atoms with E-state index >= 15 is 0 Å². The third-order valence-corrected chi connectivity index (χ3v) is 4.77. The molecule has 4 rings (SSSR count). The highest BCUT2D eigenvalue weighted by Gasteiger charge is 2.35. The first-order valence-electron chi connectivity index (χ1n) is 7.88. The molecule has 5 heteroatoms. The van der Waals surface area contributed by atoms with Crippen molar-refractivity contribution in [3.63, 3.8) is 0 Å². The predicted molar refractivity (Wildman–Crippen MR) is 87.1 cm³/mol. The van der Waals surface area contributed by atoms with E-state index in [2.05, 4.69) is 9.97 Å². The van der Waals surface area contributed by atoms with E-state index in [1.54, 1.807) is 0 Å². The molecule has 1 aliphatic carbocycles. The second-order valence-electron chi connectivity index (χ2n) is 6.34. The minimum Gasteiger partial charge on any atom is -0.510 e. The zero-order valence-electron chi connectivity index (χ0n) is 12.7. The lowest BCUT2D eigenvalue weighted by Crippen LogP contribution is -2.35. The highest BCUT2D eigenvalue weighted by molar-refractivity contribution is 6.23. The van der Waals surface area contributed by atoms with Gasteiger partial charge in [0.15, 0.2) is 0 Å². The molecule has 1 saturated carbocycles. The average Bonchev–Trinajstić information content (AvgIpc) is 3.17. The maximum absolute atomic E-state index is 10.4. The number of aromatic amines is 1. The number of hydrogen-bond donors (Lipinski definition) is 3. The summed E-state index contributed by atoms with van der Waals surface area (Å²) in [5.41, 5.74) is 3.53. The molecule has 2 heterocycles. The van der Waals surface area contributed by atoms with E-state index < -0.39 is 0 Å². The van der Waals surface area contributed by atoms with Gasteiger partial charge in [0.05, 0.1) is 23.2 Å². The lowest BCUT2D eigenvalue weighted by atomic mass is 10.2. The minimum absolute atomic E-state index is 0.257. The van der Waals surface area contributed by atoms with E-state index in [0.717, 1.165) is 29.4 Å². The van der Waals surface area contributed by atoms with Crippen LogP contribution in [-0.4, -0.2) is 38.4 Å². The van der Waals surface area contributed by atoms with E-state index in [0.29, 0.717) is 29.8 Å². The zero-order valence-corrected chi connectivity index (χ0v) is 12.7. The van der Waals surface area contributed by atoms with Crippen LogP contribution in [0, 0.1) is 12.3 Å². The molecule has 0 atom stereocenters. The summed E-state index contributed by atoms with van der Waals surface area (Å²) in [4.78, 5) is 9.83. The van der Waals surface area contributed by atoms with Gasteiger partial charge in [-0.05, 0) is 37.5 Å². The molecule has 22 heavy (non-hydrogen) atoms. The molecule has 1 fully saturated rings. The topological polar surface area (TPSA) is 76.0 Å². The molecule has 1 aromatic heterocycles. The van der Waals surface area contributed by atoms with Crippen molar-refractivity contribution in [2.24, 2.45) is 0 Å². The van der Waals surface area contributed by atoms with Crippen LogP contribution in [-0.2, 0) is 0 Å². The summed E-state index contributed by atoms with van der Waals surface area (Å²) in [6.45, 7) is 2.48. The first-order valence-corrected chi connectivity index (χ1v) is 7.88. The standard InChI is InChI=1S/C17H20N4O/c1-10-6-7-12-13(8-10)20-17(19-12)15-14(22)9-21(16(15)18)11-4-2-3-5-11/h6-8,11,18,22H,2-5,9H2,1H3,(H,19,20). The van der Waals surface area contributed by atoms with Crippen LogP contribution in [0.3, 0.4) is 0 Å². The second kappa shape index (κ2) is 4.87. The number of aryl methyl sites for hydroxylation is 1. The Morgan fingerprint density at radius 2 is 2.09 bits per heavy atom. The summed E-state index contributed by atoms with van der Waals surface area (Å²) >= 11 is 0. The highest BCUT2D eigenvalue weighted by atomic mass is 16.3. The van der Waals surface area contributed by atoms with Gasteiger partial charge in [-0.1, -0.05) is 18.9 Å². The molecular weight excluding hydrogens is 276 g/mol. The number of aliphatic hydroxyl groups excluding tert-OH is 1. The van der Waals surface area contributed by atoms with Crippen LogP contribution >= 0.6 is 0 Å². The molecule has 0 bridgehead atoms. The van der Waals surface area contributed by atoms with Gasteiger partial charge in [0.1, 0.15) is 17.4 Å². The summed E-state index contributed by atoms with van der Waals surface area (Å²) in [6, 6.07) is 6.41. The van der Waals surface area contributed by atoms with Gasteiger partial charge in [-0.25, -0.2) is 4.98 Å². The molecule has 1 aliphatic heterocycles. The number of aromatic nitrogens is 2. The van der Waals surface area contributed by atoms with Gasteiger partial charge >= 0.3 is 0 Å². The number of amidine groups is 1. The Bertz CT molecular complexity index is 783. The van der Waals surface area contributed by atoms with Gasteiger partial charge in [0, 0.05) is 6.04 Å².